The zero-order chi connectivity index (χ0) is 21.3. The van der Waals surface area contributed by atoms with E-state index in [-0.39, 0.29) is 11.9 Å². The van der Waals surface area contributed by atoms with Gasteiger partial charge in [0.25, 0.3) is 0 Å². The molecule has 2 N–H and O–H groups in total. The van der Waals surface area contributed by atoms with Crippen molar-refractivity contribution in [1.82, 2.24) is 20.1 Å². The Kier molecular flexibility index (Phi) is 8.75. The first-order chi connectivity index (χ1) is 14.6. The third kappa shape index (κ3) is 6.32. The smallest absolute Gasteiger partial charge is 0.230 e. The fourth-order valence-corrected chi connectivity index (χ4v) is 5.01. The van der Waals surface area contributed by atoms with E-state index < -0.39 is 0 Å². The van der Waals surface area contributed by atoms with Gasteiger partial charge in [0.15, 0.2) is 11.0 Å². The van der Waals surface area contributed by atoms with Crippen molar-refractivity contribution in [3.05, 3.63) is 41.7 Å². The topological polar surface area (TPSA) is 64.2 Å². The fraction of sp³-hybridized carbons (Fsp3) is 0.609. The number of carbonyl (C=O) groups is 1. The second-order valence-electron chi connectivity index (χ2n) is 8.50. The van der Waals surface area contributed by atoms with Crippen LogP contribution in [-0.4, -0.2) is 46.6 Å². The largest absolute Gasteiger partial charge is 0.353 e. The van der Waals surface area contributed by atoms with Crippen molar-refractivity contribution >= 4 is 17.7 Å². The SMILES string of the molecule is CC[C@@H](c1nnc(SCC(=O)NC2CCCCCC2)n1Cc1ccccc1)[NH+](C)C. The third-order valence-corrected chi connectivity index (χ3v) is 6.87. The molecule has 3 rings (SSSR count). The highest BCUT2D eigenvalue weighted by Gasteiger charge is 2.25. The Bertz CT molecular complexity index is 784. The summed E-state index contributed by atoms with van der Waals surface area (Å²) in [6.45, 7) is 2.91. The minimum Gasteiger partial charge on any atom is -0.353 e. The van der Waals surface area contributed by atoms with Gasteiger partial charge in [0.1, 0.15) is 6.04 Å². The first-order valence-corrected chi connectivity index (χ1v) is 12.3. The van der Waals surface area contributed by atoms with E-state index in [0.29, 0.717) is 11.8 Å². The maximum Gasteiger partial charge on any atom is 0.230 e. The Morgan fingerprint density at radius 3 is 2.50 bits per heavy atom. The Hall–Kier alpha value is -1.86. The predicted molar refractivity (Wildman–Crippen MR) is 122 cm³/mol. The lowest BCUT2D eigenvalue weighted by atomic mass is 10.1. The minimum atomic E-state index is 0.105. The van der Waals surface area contributed by atoms with Gasteiger partial charge in [-0.25, -0.2) is 0 Å². The summed E-state index contributed by atoms with van der Waals surface area (Å²) in [5.41, 5.74) is 1.21. The molecule has 6 nitrogen and oxygen atoms in total. The number of quaternary nitrogens is 1. The van der Waals surface area contributed by atoms with Gasteiger partial charge in [-0.05, 0) is 18.4 Å². The van der Waals surface area contributed by atoms with E-state index in [1.807, 2.05) is 6.07 Å². The summed E-state index contributed by atoms with van der Waals surface area (Å²) in [5.74, 6) is 1.48. The van der Waals surface area contributed by atoms with Gasteiger partial charge in [-0.15, -0.1) is 10.2 Å². The molecular formula is C23H36N5OS+. The van der Waals surface area contributed by atoms with Crippen molar-refractivity contribution in [1.29, 1.82) is 0 Å². The van der Waals surface area contributed by atoms with Crippen LogP contribution in [0.5, 0.6) is 0 Å². The van der Waals surface area contributed by atoms with E-state index in [1.54, 1.807) is 0 Å². The van der Waals surface area contributed by atoms with Crippen LogP contribution in [0.2, 0.25) is 0 Å². The molecule has 0 saturated heterocycles. The zero-order valence-corrected chi connectivity index (χ0v) is 19.4. The Balaban J connectivity index is 1.71. The van der Waals surface area contributed by atoms with Gasteiger partial charge in [0.2, 0.25) is 5.91 Å². The van der Waals surface area contributed by atoms with Crippen LogP contribution in [0, 0.1) is 0 Å². The van der Waals surface area contributed by atoms with Crippen LogP contribution in [-0.2, 0) is 11.3 Å². The zero-order valence-electron chi connectivity index (χ0n) is 18.6. The number of aromatic nitrogens is 3. The van der Waals surface area contributed by atoms with Crippen LogP contribution in [0.4, 0.5) is 0 Å². The second-order valence-corrected chi connectivity index (χ2v) is 9.44. The highest BCUT2D eigenvalue weighted by Crippen LogP contribution is 2.23. The molecule has 1 fully saturated rings. The molecule has 30 heavy (non-hydrogen) atoms. The number of hydrogen-bond donors (Lipinski definition) is 2. The summed E-state index contributed by atoms with van der Waals surface area (Å²) in [5, 5.41) is 13.1. The van der Waals surface area contributed by atoms with E-state index in [2.05, 4.69) is 65.4 Å². The monoisotopic (exact) mass is 430 g/mol. The third-order valence-electron chi connectivity index (χ3n) is 5.90. The molecule has 0 bridgehead atoms. The Morgan fingerprint density at radius 2 is 1.87 bits per heavy atom. The lowest BCUT2D eigenvalue weighted by molar-refractivity contribution is -0.893. The van der Waals surface area contributed by atoms with Crippen molar-refractivity contribution in [3.63, 3.8) is 0 Å². The van der Waals surface area contributed by atoms with E-state index in [0.717, 1.165) is 36.8 Å². The fourth-order valence-electron chi connectivity index (χ4n) is 4.25. The van der Waals surface area contributed by atoms with E-state index in [4.69, 9.17) is 0 Å². The average molecular weight is 431 g/mol. The highest BCUT2D eigenvalue weighted by atomic mass is 32.2. The molecule has 1 saturated carbocycles. The van der Waals surface area contributed by atoms with Gasteiger partial charge in [-0.3, -0.25) is 9.36 Å². The maximum atomic E-state index is 12.6. The Morgan fingerprint density at radius 1 is 1.17 bits per heavy atom. The second kappa shape index (κ2) is 11.5. The van der Waals surface area contributed by atoms with Crippen LogP contribution >= 0.6 is 11.8 Å². The molecule has 2 aromatic rings. The molecule has 1 aromatic carbocycles. The molecule has 1 atom stereocenters. The molecule has 1 amide bonds. The number of rotatable bonds is 9. The normalized spacial score (nSPS) is 16.4. The van der Waals surface area contributed by atoms with Gasteiger partial charge in [-0.2, -0.15) is 0 Å². The predicted octanol–water partition coefficient (Wildman–Crippen LogP) is 2.85. The molecule has 7 heteroatoms. The van der Waals surface area contributed by atoms with Gasteiger partial charge >= 0.3 is 0 Å². The molecule has 1 aliphatic carbocycles. The van der Waals surface area contributed by atoms with Gasteiger partial charge in [0.05, 0.1) is 26.4 Å². The maximum absolute atomic E-state index is 12.6. The van der Waals surface area contributed by atoms with E-state index >= 15 is 0 Å². The van der Waals surface area contributed by atoms with Crippen molar-refractivity contribution in [3.8, 4) is 0 Å². The standard InChI is InChI=1S/C23H35N5OS/c1-4-20(27(2)3)22-25-26-23(28(22)16-18-12-8-7-9-13-18)30-17-21(29)24-19-14-10-5-6-11-15-19/h7-9,12-13,19-20H,4-6,10-11,14-17H2,1-3H3,(H,24,29)/p+1/t20-/m0/s1. The number of nitrogens with zero attached hydrogens (tertiary/aromatic N) is 3. The van der Waals surface area contributed by atoms with Crippen LogP contribution < -0.4 is 10.2 Å². The number of amides is 1. The quantitative estimate of drug-likeness (QED) is 0.474. The summed E-state index contributed by atoms with van der Waals surface area (Å²) < 4.78 is 2.19. The van der Waals surface area contributed by atoms with Crippen molar-refractivity contribution < 1.29 is 9.69 Å². The van der Waals surface area contributed by atoms with Gasteiger partial charge in [0, 0.05) is 12.5 Å². The van der Waals surface area contributed by atoms with E-state index in [9.17, 15) is 4.79 Å². The molecule has 0 unspecified atom stereocenters. The molecule has 1 aliphatic rings. The van der Waals surface area contributed by atoms with Crippen LogP contribution in [0.15, 0.2) is 35.5 Å². The highest BCUT2D eigenvalue weighted by molar-refractivity contribution is 7.99. The molecule has 0 spiro atoms. The van der Waals surface area contributed by atoms with Crippen LogP contribution in [0.1, 0.15) is 69.3 Å². The minimum absolute atomic E-state index is 0.105. The molecule has 0 aliphatic heterocycles. The number of carbonyl (C=O) groups excluding carboxylic acids is 1. The number of nitrogens with one attached hydrogen (secondary N) is 2. The first kappa shape index (κ1) is 22.8. The van der Waals surface area contributed by atoms with Gasteiger partial charge < -0.3 is 10.2 Å². The molecule has 1 heterocycles. The molecule has 1 aromatic heterocycles. The summed E-state index contributed by atoms with van der Waals surface area (Å²) in [6.07, 6.45) is 8.22. The first-order valence-electron chi connectivity index (χ1n) is 11.3. The van der Waals surface area contributed by atoms with Crippen molar-refractivity contribution in [2.24, 2.45) is 0 Å². The number of hydrogen-bond acceptors (Lipinski definition) is 4. The molecular weight excluding hydrogens is 394 g/mol. The van der Waals surface area contributed by atoms with Crippen molar-refractivity contribution in [2.75, 3.05) is 19.8 Å². The number of benzene rings is 1. The summed E-state index contributed by atoms with van der Waals surface area (Å²) in [4.78, 5) is 13.9. The van der Waals surface area contributed by atoms with E-state index in [1.165, 1.54) is 47.9 Å². The number of thioether (sulfide) groups is 1. The average Bonchev–Trinajstić information content (AvgIpc) is 2.94. The van der Waals surface area contributed by atoms with Crippen molar-refractivity contribution in [2.45, 2.75) is 75.7 Å². The van der Waals surface area contributed by atoms with Crippen LogP contribution in [0.25, 0.3) is 0 Å². The summed E-state index contributed by atoms with van der Waals surface area (Å²) >= 11 is 1.50. The Labute approximate surface area is 184 Å². The van der Waals surface area contributed by atoms with Crippen LogP contribution in [0.3, 0.4) is 0 Å². The molecule has 0 radical (unpaired) electrons. The lowest BCUT2D eigenvalue weighted by Crippen LogP contribution is -3.06. The van der Waals surface area contributed by atoms with Gasteiger partial charge in [-0.1, -0.05) is 74.7 Å². The summed E-state index contributed by atoms with van der Waals surface area (Å²) in [7, 11) is 4.31. The lowest BCUT2D eigenvalue weighted by Gasteiger charge is -2.20. The summed E-state index contributed by atoms with van der Waals surface area (Å²) in [6, 6.07) is 11.0. The molecule has 164 valence electrons.